The Balaban J connectivity index is 1.49. The predicted octanol–water partition coefficient (Wildman–Crippen LogP) is 6.63. The molecule has 1 N–H and O–H groups in total. The third-order valence-corrected chi connectivity index (χ3v) is 9.16. The average Bonchev–Trinajstić information content (AvgIpc) is 3.36. The number of ketones is 1. The van der Waals surface area contributed by atoms with Gasteiger partial charge in [0.1, 0.15) is 11.6 Å². The van der Waals surface area contributed by atoms with Gasteiger partial charge >= 0.3 is 0 Å². The molecule has 5 rings (SSSR count). The minimum Gasteiger partial charge on any atom is -0.496 e. The summed E-state index contributed by atoms with van der Waals surface area (Å²) in [7, 11) is 5.40. The maximum atomic E-state index is 14.8. The molecule has 1 unspecified atom stereocenters. The van der Waals surface area contributed by atoms with Crippen LogP contribution in [0.4, 0.5) is 10.1 Å². The van der Waals surface area contributed by atoms with Crippen molar-refractivity contribution in [2.75, 3.05) is 26.1 Å². The Morgan fingerprint density at radius 2 is 1.78 bits per heavy atom. The zero-order valence-electron chi connectivity index (χ0n) is 24.4. The Morgan fingerprint density at radius 1 is 1.07 bits per heavy atom. The Labute approximate surface area is 242 Å². The van der Waals surface area contributed by atoms with E-state index in [4.69, 9.17) is 4.74 Å². The highest BCUT2D eigenvalue weighted by Crippen LogP contribution is 2.41. The van der Waals surface area contributed by atoms with Crippen LogP contribution in [0.25, 0.3) is 16.7 Å². The SMILES string of the molecule is CN[C@H]1CC[C@@H](C(Cc2cc(-c3ccc(N(C)C=O)cc3)ccc2OC)C(=O)C2=C(C)c3c(F)cccc3C2)CC1. The minimum atomic E-state index is -0.256. The maximum absolute atomic E-state index is 14.8. The maximum Gasteiger partial charge on any atom is 0.213 e. The quantitative estimate of drug-likeness (QED) is 0.286. The van der Waals surface area contributed by atoms with E-state index in [-0.39, 0.29) is 23.4 Å². The summed E-state index contributed by atoms with van der Waals surface area (Å²) in [5, 5.41) is 3.40. The lowest BCUT2D eigenvalue weighted by atomic mass is 9.72. The van der Waals surface area contributed by atoms with Gasteiger partial charge < -0.3 is 15.0 Å². The van der Waals surface area contributed by atoms with Gasteiger partial charge in [-0.15, -0.1) is 0 Å². The van der Waals surface area contributed by atoms with E-state index >= 15 is 0 Å². The Kier molecular flexibility index (Phi) is 8.69. The van der Waals surface area contributed by atoms with Crippen molar-refractivity contribution in [2.24, 2.45) is 11.8 Å². The highest BCUT2D eigenvalue weighted by atomic mass is 19.1. The van der Waals surface area contributed by atoms with E-state index in [1.54, 1.807) is 20.2 Å². The van der Waals surface area contributed by atoms with E-state index < -0.39 is 0 Å². The van der Waals surface area contributed by atoms with Crippen LogP contribution in [0.5, 0.6) is 5.75 Å². The highest BCUT2D eigenvalue weighted by Gasteiger charge is 2.36. The summed E-state index contributed by atoms with van der Waals surface area (Å²) in [6.45, 7) is 1.89. The third kappa shape index (κ3) is 5.84. The first-order valence-electron chi connectivity index (χ1n) is 14.5. The summed E-state index contributed by atoms with van der Waals surface area (Å²) >= 11 is 0. The number of ether oxygens (including phenoxy) is 1. The number of nitrogens with zero attached hydrogens (tertiary/aromatic N) is 1. The van der Waals surface area contributed by atoms with Crippen LogP contribution in [-0.4, -0.2) is 39.4 Å². The van der Waals surface area contributed by atoms with Crippen LogP contribution in [0, 0.1) is 17.7 Å². The molecule has 3 aromatic carbocycles. The van der Waals surface area contributed by atoms with Gasteiger partial charge in [-0.05, 0) is 110 Å². The number of halogens is 1. The number of Topliss-reactive ketones (excluding diaryl/α,β-unsaturated/α-hetero) is 1. The topological polar surface area (TPSA) is 58.6 Å². The van der Waals surface area contributed by atoms with Crippen molar-refractivity contribution in [3.63, 3.8) is 0 Å². The number of hydrogen-bond donors (Lipinski definition) is 1. The molecule has 0 aliphatic heterocycles. The molecule has 0 radical (unpaired) electrons. The molecule has 1 amide bonds. The van der Waals surface area contributed by atoms with Crippen molar-refractivity contribution in [1.29, 1.82) is 0 Å². The van der Waals surface area contributed by atoms with Gasteiger partial charge in [-0.3, -0.25) is 9.59 Å². The Hall–Kier alpha value is -3.77. The molecule has 0 spiro atoms. The van der Waals surface area contributed by atoms with E-state index in [0.717, 1.165) is 76.9 Å². The summed E-state index contributed by atoms with van der Waals surface area (Å²) < 4.78 is 20.6. The zero-order chi connectivity index (χ0) is 29.1. The van der Waals surface area contributed by atoms with Gasteiger partial charge in [0.15, 0.2) is 5.78 Å². The third-order valence-electron chi connectivity index (χ3n) is 9.16. The molecule has 0 aromatic heterocycles. The number of allylic oxidation sites excluding steroid dienone is 2. The van der Waals surface area contributed by atoms with Crippen LogP contribution >= 0.6 is 0 Å². The standard InChI is InChI=1S/C35H39FN2O3/c1-22-30(19-26-6-5-7-32(36)34(22)26)35(40)31(24-8-13-28(37-2)14-9-24)20-27-18-25(12-17-33(27)41-4)23-10-15-29(16-11-23)38(3)21-39/h5-7,10-12,15-18,21,24,28,31,37H,8-9,13-14,19-20H2,1-4H3/t24-,28+,31?. The number of carbonyl (C=O) groups excluding carboxylic acids is 2. The molecule has 5 nitrogen and oxygen atoms in total. The van der Waals surface area contributed by atoms with E-state index in [2.05, 4.69) is 11.4 Å². The van der Waals surface area contributed by atoms with Crippen molar-refractivity contribution in [1.82, 2.24) is 5.32 Å². The molecule has 2 aliphatic carbocycles. The van der Waals surface area contributed by atoms with E-state index in [0.29, 0.717) is 24.4 Å². The normalized spacial score (nSPS) is 19.0. The lowest BCUT2D eigenvalue weighted by Gasteiger charge is -2.34. The van der Waals surface area contributed by atoms with E-state index in [9.17, 15) is 14.0 Å². The number of hydrogen-bond acceptors (Lipinski definition) is 4. The van der Waals surface area contributed by atoms with Crippen LogP contribution in [0.2, 0.25) is 0 Å². The predicted molar refractivity (Wildman–Crippen MR) is 163 cm³/mol. The van der Waals surface area contributed by atoms with Gasteiger partial charge in [0.05, 0.1) is 7.11 Å². The summed E-state index contributed by atoms with van der Waals surface area (Å²) in [4.78, 5) is 27.1. The second kappa shape index (κ2) is 12.4. The van der Waals surface area contributed by atoms with Gasteiger partial charge in [0.25, 0.3) is 0 Å². The first kappa shape index (κ1) is 28.7. The van der Waals surface area contributed by atoms with Crippen LogP contribution in [-0.2, 0) is 22.4 Å². The molecule has 0 heterocycles. The fourth-order valence-corrected chi connectivity index (χ4v) is 6.69. The molecule has 1 atom stereocenters. The molecule has 3 aromatic rings. The number of rotatable bonds is 10. The van der Waals surface area contributed by atoms with Crippen molar-refractivity contribution in [3.05, 3.63) is 88.7 Å². The highest BCUT2D eigenvalue weighted by molar-refractivity contribution is 6.06. The molecule has 214 valence electrons. The number of methoxy groups -OCH3 is 1. The number of anilines is 1. The first-order chi connectivity index (χ1) is 19.8. The number of nitrogens with one attached hydrogen (secondary N) is 1. The molecule has 6 heteroatoms. The van der Waals surface area contributed by atoms with Crippen LogP contribution in [0.3, 0.4) is 0 Å². The van der Waals surface area contributed by atoms with Crippen LogP contribution < -0.4 is 15.0 Å². The lowest BCUT2D eigenvalue weighted by molar-refractivity contribution is -0.121. The largest absolute Gasteiger partial charge is 0.496 e. The van der Waals surface area contributed by atoms with Crippen molar-refractivity contribution < 1.29 is 18.7 Å². The van der Waals surface area contributed by atoms with Gasteiger partial charge in [-0.1, -0.05) is 30.3 Å². The fourth-order valence-electron chi connectivity index (χ4n) is 6.69. The van der Waals surface area contributed by atoms with Gasteiger partial charge in [0.2, 0.25) is 6.41 Å². The summed E-state index contributed by atoms with van der Waals surface area (Å²) in [5.41, 5.74) is 6.87. The molecular weight excluding hydrogens is 515 g/mol. The first-order valence-corrected chi connectivity index (χ1v) is 14.5. The second-order valence-corrected chi connectivity index (χ2v) is 11.4. The average molecular weight is 555 g/mol. The molecule has 0 bridgehead atoms. The van der Waals surface area contributed by atoms with Crippen molar-refractivity contribution in [3.8, 4) is 16.9 Å². The van der Waals surface area contributed by atoms with E-state index in [1.165, 1.54) is 11.0 Å². The molecule has 2 aliphatic rings. The summed E-state index contributed by atoms with van der Waals surface area (Å²) in [6.07, 6.45) is 5.86. The smallest absolute Gasteiger partial charge is 0.213 e. The fraction of sp³-hybridized carbons (Fsp3) is 0.371. The number of fused-ring (bicyclic) bond motifs is 1. The molecule has 41 heavy (non-hydrogen) atoms. The number of benzene rings is 3. The van der Waals surface area contributed by atoms with Gasteiger partial charge in [-0.25, -0.2) is 4.39 Å². The molecular formula is C35H39FN2O3. The monoisotopic (exact) mass is 554 g/mol. The minimum absolute atomic E-state index is 0.139. The zero-order valence-corrected chi connectivity index (χ0v) is 24.4. The second-order valence-electron chi connectivity index (χ2n) is 11.4. The number of amides is 1. The van der Waals surface area contributed by atoms with Crippen LogP contribution in [0.1, 0.15) is 49.3 Å². The summed E-state index contributed by atoms with van der Waals surface area (Å²) in [5.74, 6) is 0.669. The Morgan fingerprint density at radius 3 is 2.41 bits per heavy atom. The van der Waals surface area contributed by atoms with E-state index in [1.807, 2.05) is 56.4 Å². The molecule has 0 saturated heterocycles. The van der Waals surface area contributed by atoms with Gasteiger partial charge in [0, 0.05) is 42.3 Å². The summed E-state index contributed by atoms with van der Waals surface area (Å²) in [6, 6.07) is 19.6. The molecule has 1 fully saturated rings. The Bertz CT molecular complexity index is 1450. The number of carbonyl (C=O) groups is 2. The van der Waals surface area contributed by atoms with Crippen molar-refractivity contribution in [2.45, 2.75) is 51.5 Å². The van der Waals surface area contributed by atoms with Crippen molar-refractivity contribution >= 4 is 23.5 Å². The van der Waals surface area contributed by atoms with Gasteiger partial charge in [-0.2, -0.15) is 0 Å². The lowest BCUT2D eigenvalue weighted by Crippen LogP contribution is -2.36. The molecule has 1 saturated carbocycles. The van der Waals surface area contributed by atoms with Crippen LogP contribution in [0.15, 0.2) is 66.2 Å².